The summed E-state index contributed by atoms with van der Waals surface area (Å²) in [6.45, 7) is 3.21. The molecular formula is C11H14Br2O3. The van der Waals surface area contributed by atoms with Crippen molar-refractivity contribution >= 4 is 31.9 Å². The minimum atomic E-state index is -0.163. The van der Waals surface area contributed by atoms with Gasteiger partial charge >= 0.3 is 0 Å². The smallest absolute Gasteiger partial charge is 0.173 e. The van der Waals surface area contributed by atoms with Crippen LogP contribution in [-0.4, -0.2) is 16.8 Å². The Bertz CT molecular complexity index is 367. The summed E-state index contributed by atoms with van der Waals surface area (Å²) in [5.41, 5.74) is 0.804. The first-order chi connectivity index (χ1) is 7.57. The SMILES string of the molecule is CCCCOCc1cc(O)c(O)c(Br)c1Br. The standard InChI is InChI=1S/C11H14Br2O3/c1-2-3-4-16-6-7-5-8(14)11(15)10(13)9(7)12/h5,14-15H,2-4,6H2,1H3. The van der Waals surface area contributed by atoms with E-state index in [4.69, 9.17) is 4.74 Å². The number of unbranched alkanes of at least 4 members (excludes halogenated alkanes) is 1. The quantitative estimate of drug-likeness (QED) is 0.622. The molecule has 0 fully saturated rings. The normalized spacial score (nSPS) is 10.7. The summed E-state index contributed by atoms with van der Waals surface area (Å²) in [5.74, 6) is -0.312. The van der Waals surface area contributed by atoms with E-state index in [9.17, 15) is 10.2 Å². The van der Waals surface area contributed by atoms with Crippen molar-refractivity contribution in [2.24, 2.45) is 0 Å². The van der Waals surface area contributed by atoms with Crippen LogP contribution in [0, 0.1) is 0 Å². The zero-order valence-electron chi connectivity index (χ0n) is 8.96. The molecule has 1 rings (SSSR count). The molecule has 0 aromatic heterocycles. The van der Waals surface area contributed by atoms with Gasteiger partial charge in [0.1, 0.15) is 0 Å². The van der Waals surface area contributed by atoms with Crippen molar-refractivity contribution in [2.75, 3.05) is 6.61 Å². The number of rotatable bonds is 5. The lowest BCUT2D eigenvalue weighted by atomic mass is 10.2. The zero-order valence-corrected chi connectivity index (χ0v) is 12.1. The van der Waals surface area contributed by atoms with Gasteiger partial charge in [0.15, 0.2) is 11.5 Å². The maximum atomic E-state index is 9.45. The maximum Gasteiger partial charge on any atom is 0.173 e. The Kier molecular flexibility index (Phi) is 5.58. The lowest BCUT2D eigenvalue weighted by Gasteiger charge is -2.10. The summed E-state index contributed by atoms with van der Waals surface area (Å²) in [7, 11) is 0. The molecular weight excluding hydrogens is 340 g/mol. The average molecular weight is 354 g/mol. The molecule has 0 bridgehead atoms. The lowest BCUT2D eigenvalue weighted by Crippen LogP contribution is -1.96. The van der Waals surface area contributed by atoms with Crippen molar-refractivity contribution in [1.29, 1.82) is 0 Å². The predicted molar refractivity (Wildman–Crippen MR) is 69.7 cm³/mol. The Labute approximate surface area is 112 Å². The molecule has 90 valence electrons. The van der Waals surface area contributed by atoms with Crippen molar-refractivity contribution in [1.82, 2.24) is 0 Å². The molecule has 0 saturated carbocycles. The van der Waals surface area contributed by atoms with Crippen LogP contribution in [-0.2, 0) is 11.3 Å². The second-order valence-electron chi connectivity index (χ2n) is 3.44. The van der Waals surface area contributed by atoms with Gasteiger partial charge in [-0.3, -0.25) is 0 Å². The summed E-state index contributed by atoms with van der Waals surface area (Å²) < 4.78 is 6.60. The number of hydrogen-bond donors (Lipinski definition) is 2. The van der Waals surface area contributed by atoms with Gasteiger partial charge in [-0.1, -0.05) is 13.3 Å². The van der Waals surface area contributed by atoms with Crippen LogP contribution < -0.4 is 0 Å². The van der Waals surface area contributed by atoms with Crippen LogP contribution in [0.15, 0.2) is 15.0 Å². The van der Waals surface area contributed by atoms with Gasteiger partial charge in [0.05, 0.1) is 11.1 Å². The molecule has 0 amide bonds. The largest absolute Gasteiger partial charge is 0.504 e. The molecule has 2 N–H and O–H groups in total. The average Bonchev–Trinajstić information content (AvgIpc) is 2.28. The van der Waals surface area contributed by atoms with Gasteiger partial charge in [0, 0.05) is 11.1 Å². The van der Waals surface area contributed by atoms with E-state index in [0.717, 1.165) is 18.4 Å². The first-order valence-electron chi connectivity index (χ1n) is 5.04. The van der Waals surface area contributed by atoms with Gasteiger partial charge in [-0.15, -0.1) is 0 Å². The number of phenols is 2. The minimum Gasteiger partial charge on any atom is -0.504 e. The second-order valence-corrected chi connectivity index (χ2v) is 5.02. The summed E-state index contributed by atoms with van der Waals surface area (Å²) in [6.07, 6.45) is 2.11. The van der Waals surface area contributed by atoms with E-state index >= 15 is 0 Å². The van der Waals surface area contributed by atoms with Gasteiger partial charge in [-0.05, 0) is 49.9 Å². The van der Waals surface area contributed by atoms with Crippen LogP contribution in [0.2, 0.25) is 0 Å². The van der Waals surface area contributed by atoms with E-state index < -0.39 is 0 Å². The van der Waals surface area contributed by atoms with Crippen molar-refractivity contribution in [3.05, 3.63) is 20.6 Å². The third-order valence-corrected chi connectivity index (χ3v) is 4.35. The third kappa shape index (κ3) is 3.37. The topological polar surface area (TPSA) is 49.7 Å². The van der Waals surface area contributed by atoms with E-state index in [2.05, 4.69) is 38.8 Å². The molecule has 1 aromatic rings. The Balaban J connectivity index is 2.73. The van der Waals surface area contributed by atoms with Crippen LogP contribution in [0.1, 0.15) is 25.3 Å². The van der Waals surface area contributed by atoms with Gasteiger partial charge in [0.2, 0.25) is 0 Å². The third-order valence-electron chi connectivity index (χ3n) is 2.14. The highest BCUT2D eigenvalue weighted by atomic mass is 79.9. The fraction of sp³-hybridized carbons (Fsp3) is 0.455. The zero-order chi connectivity index (χ0) is 12.1. The van der Waals surface area contributed by atoms with Crippen molar-refractivity contribution in [2.45, 2.75) is 26.4 Å². The van der Waals surface area contributed by atoms with Crippen molar-refractivity contribution in [3.63, 3.8) is 0 Å². The van der Waals surface area contributed by atoms with Crippen LogP contribution in [0.4, 0.5) is 0 Å². The molecule has 0 radical (unpaired) electrons. The highest BCUT2D eigenvalue weighted by Crippen LogP contribution is 2.41. The predicted octanol–water partition coefficient (Wildman–Crippen LogP) is 3.94. The lowest BCUT2D eigenvalue weighted by molar-refractivity contribution is 0.117. The van der Waals surface area contributed by atoms with E-state index in [1.807, 2.05) is 0 Å². The van der Waals surface area contributed by atoms with Crippen LogP contribution in [0.25, 0.3) is 0 Å². The summed E-state index contributed by atoms with van der Waals surface area (Å²) in [4.78, 5) is 0. The summed E-state index contributed by atoms with van der Waals surface area (Å²) >= 11 is 6.53. The molecule has 0 heterocycles. The van der Waals surface area contributed by atoms with Crippen molar-refractivity contribution in [3.8, 4) is 11.5 Å². The molecule has 1 aromatic carbocycles. The molecule has 0 aliphatic rings. The molecule has 0 aliphatic heterocycles. The number of halogens is 2. The fourth-order valence-corrected chi connectivity index (χ4v) is 2.06. The number of phenolic OH excluding ortho intramolecular Hbond substituents is 2. The van der Waals surface area contributed by atoms with Crippen LogP contribution in [0.3, 0.4) is 0 Å². The number of aromatic hydroxyl groups is 2. The van der Waals surface area contributed by atoms with Gasteiger partial charge < -0.3 is 14.9 Å². The number of hydrogen-bond acceptors (Lipinski definition) is 3. The fourth-order valence-electron chi connectivity index (χ4n) is 1.19. The molecule has 5 heteroatoms. The molecule has 3 nitrogen and oxygen atoms in total. The Morgan fingerprint density at radius 1 is 1.25 bits per heavy atom. The molecule has 0 aliphatic carbocycles. The summed E-state index contributed by atoms with van der Waals surface area (Å²) in [6, 6.07) is 1.50. The first kappa shape index (κ1) is 13.8. The van der Waals surface area contributed by atoms with Gasteiger partial charge in [0.25, 0.3) is 0 Å². The van der Waals surface area contributed by atoms with Crippen LogP contribution >= 0.6 is 31.9 Å². The number of ether oxygens (including phenoxy) is 1. The van der Waals surface area contributed by atoms with Gasteiger partial charge in [-0.25, -0.2) is 0 Å². The highest BCUT2D eigenvalue weighted by Gasteiger charge is 2.13. The van der Waals surface area contributed by atoms with E-state index in [-0.39, 0.29) is 11.5 Å². The van der Waals surface area contributed by atoms with Crippen LogP contribution in [0.5, 0.6) is 11.5 Å². The second kappa shape index (κ2) is 6.47. The Hall–Kier alpha value is -0.260. The molecule has 0 saturated heterocycles. The van der Waals surface area contributed by atoms with Gasteiger partial charge in [-0.2, -0.15) is 0 Å². The minimum absolute atomic E-state index is 0.149. The molecule has 0 spiro atoms. The first-order valence-corrected chi connectivity index (χ1v) is 6.63. The highest BCUT2D eigenvalue weighted by molar-refractivity contribution is 9.13. The van der Waals surface area contributed by atoms with E-state index in [1.165, 1.54) is 6.07 Å². The maximum absolute atomic E-state index is 9.45. The Morgan fingerprint density at radius 2 is 1.94 bits per heavy atom. The van der Waals surface area contributed by atoms with Crippen molar-refractivity contribution < 1.29 is 14.9 Å². The molecule has 16 heavy (non-hydrogen) atoms. The molecule has 0 atom stereocenters. The monoisotopic (exact) mass is 352 g/mol. The van der Waals surface area contributed by atoms with E-state index in [1.54, 1.807) is 0 Å². The summed E-state index contributed by atoms with van der Waals surface area (Å²) in [5, 5.41) is 18.9. The van der Waals surface area contributed by atoms with E-state index in [0.29, 0.717) is 22.2 Å². The molecule has 0 unspecified atom stereocenters. The Morgan fingerprint density at radius 3 is 2.56 bits per heavy atom. The number of benzene rings is 1.